The third-order valence-corrected chi connectivity index (χ3v) is 2.33. The molecule has 0 spiro atoms. The second-order valence-corrected chi connectivity index (χ2v) is 4.04. The van der Waals surface area contributed by atoms with Gasteiger partial charge in [-0.25, -0.2) is 0 Å². The number of aliphatic hydroxyl groups excluding tert-OH is 1. The summed E-state index contributed by atoms with van der Waals surface area (Å²) in [6, 6.07) is 7.61. The fraction of sp³-hybridized carbons (Fsp3) is 0.429. The van der Waals surface area contributed by atoms with Crippen LogP contribution in [0.2, 0.25) is 0 Å². The van der Waals surface area contributed by atoms with Crippen molar-refractivity contribution >= 4 is 0 Å². The maximum atomic E-state index is 9.90. The minimum Gasteiger partial charge on any atom is -0.494 e. The summed E-state index contributed by atoms with van der Waals surface area (Å²) in [7, 11) is 0. The van der Waals surface area contributed by atoms with Gasteiger partial charge in [0.05, 0.1) is 12.7 Å². The van der Waals surface area contributed by atoms with Crippen LogP contribution in [-0.4, -0.2) is 11.7 Å². The predicted molar refractivity (Wildman–Crippen MR) is 66.6 cm³/mol. The van der Waals surface area contributed by atoms with Crippen molar-refractivity contribution < 1.29 is 9.84 Å². The quantitative estimate of drug-likeness (QED) is 0.770. The molecule has 1 aromatic carbocycles. The third kappa shape index (κ3) is 4.07. The molecule has 0 saturated heterocycles. The Balaban J connectivity index is 2.62. The topological polar surface area (TPSA) is 29.5 Å². The molecule has 0 aliphatic heterocycles. The Morgan fingerprint density at radius 3 is 2.44 bits per heavy atom. The molecule has 16 heavy (non-hydrogen) atoms. The van der Waals surface area contributed by atoms with E-state index < -0.39 is 6.10 Å². The lowest BCUT2D eigenvalue weighted by Gasteiger charge is -2.10. The summed E-state index contributed by atoms with van der Waals surface area (Å²) in [5.74, 6) is 0.848. The molecule has 0 aliphatic carbocycles. The molecule has 2 heteroatoms. The molecule has 0 amide bonds. The molecular weight excluding hydrogens is 200 g/mol. The van der Waals surface area contributed by atoms with E-state index >= 15 is 0 Å². The molecule has 1 aromatic rings. The highest BCUT2D eigenvalue weighted by molar-refractivity contribution is 5.28. The first-order valence-electron chi connectivity index (χ1n) is 5.67. The Morgan fingerprint density at radius 2 is 1.94 bits per heavy atom. The fourth-order valence-corrected chi connectivity index (χ4v) is 1.44. The van der Waals surface area contributed by atoms with Crippen LogP contribution < -0.4 is 4.74 Å². The predicted octanol–water partition coefficient (Wildman–Crippen LogP) is 3.48. The van der Waals surface area contributed by atoms with E-state index in [1.165, 1.54) is 5.57 Å². The van der Waals surface area contributed by atoms with Gasteiger partial charge < -0.3 is 9.84 Å². The summed E-state index contributed by atoms with van der Waals surface area (Å²) in [6.07, 6.45) is 2.28. The van der Waals surface area contributed by atoms with Gasteiger partial charge in [-0.2, -0.15) is 0 Å². The van der Waals surface area contributed by atoms with Crippen molar-refractivity contribution in [1.29, 1.82) is 0 Å². The molecule has 2 nitrogen and oxygen atoms in total. The van der Waals surface area contributed by atoms with Crippen LogP contribution in [0.15, 0.2) is 35.9 Å². The van der Waals surface area contributed by atoms with Gasteiger partial charge in [0, 0.05) is 0 Å². The van der Waals surface area contributed by atoms with E-state index in [2.05, 4.69) is 0 Å². The van der Waals surface area contributed by atoms with E-state index in [1.54, 1.807) is 0 Å². The third-order valence-electron chi connectivity index (χ3n) is 2.33. The number of rotatable bonds is 5. The molecule has 0 fully saturated rings. The number of allylic oxidation sites excluding steroid dienone is 1. The van der Waals surface area contributed by atoms with E-state index in [1.807, 2.05) is 51.1 Å². The summed E-state index contributed by atoms with van der Waals surface area (Å²) in [5, 5.41) is 9.90. The Labute approximate surface area is 97.6 Å². The summed E-state index contributed by atoms with van der Waals surface area (Å²) < 4.78 is 5.35. The SMILES string of the molecule is CCOc1ccc(C(O)CC=C(C)C)cc1. The molecule has 0 aliphatic rings. The Hall–Kier alpha value is -1.28. The van der Waals surface area contributed by atoms with Crippen LogP contribution in [0, 0.1) is 0 Å². The number of benzene rings is 1. The van der Waals surface area contributed by atoms with Crippen molar-refractivity contribution in [2.45, 2.75) is 33.3 Å². The zero-order chi connectivity index (χ0) is 12.0. The number of hydrogen-bond acceptors (Lipinski definition) is 2. The first-order valence-corrected chi connectivity index (χ1v) is 5.67. The van der Waals surface area contributed by atoms with Crippen LogP contribution in [0.1, 0.15) is 38.9 Å². The molecule has 0 aromatic heterocycles. The van der Waals surface area contributed by atoms with Gasteiger partial charge in [-0.15, -0.1) is 0 Å². The molecule has 0 saturated carbocycles. The normalized spacial score (nSPS) is 12.0. The molecule has 1 unspecified atom stereocenters. The molecule has 0 heterocycles. The Morgan fingerprint density at radius 1 is 1.31 bits per heavy atom. The maximum absolute atomic E-state index is 9.90. The van der Waals surface area contributed by atoms with Gasteiger partial charge in [-0.05, 0) is 44.9 Å². The van der Waals surface area contributed by atoms with E-state index in [4.69, 9.17) is 4.74 Å². The van der Waals surface area contributed by atoms with Crippen molar-refractivity contribution in [3.05, 3.63) is 41.5 Å². The largest absolute Gasteiger partial charge is 0.494 e. The second-order valence-electron chi connectivity index (χ2n) is 4.04. The van der Waals surface area contributed by atoms with Crippen LogP contribution >= 0.6 is 0 Å². The zero-order valence-electron chi connectivity index (χ0n) is 10.2. The minimum atomic E-state index is -0.425. The molecule has 1 atom stereocenters. The van der Waals surface area contributed by atoms with E-state index in [9.17, 15) is 5.11 Å². The average Bonchev–Trinajstić information content (AvgIpc) is 2.27. The lowest BCUT2D eigenvalue weighted by molar-refractivity contribution is 0.181. The standard InChI is InChI=1S/C14H20O2/c1-4-16-13-8-6-12(7-9-13)14(15)10-5-11(2)3/h5-9,14-15H,4,10H2,1-3H3. The highest BCUT2D eigenvalue weighted by Crippen LogP contribution is 2.20. The van der Waals surface area contributed by atoms with Gasteiger partial charge in [-0.3, -0.25) is 0 Å². The highest BCUT2D eigenvalue weighted by atomic mass is 16.5. The molecule has 88 valence electrons. The molecule has 0 radical (unpaired) electrons. The van der Waals surface area contributed by atoms with Gasteiger partial charge >= 0.3 is 0 Å². The fourth-order valence-electron chi connectivity index (χ4n) is 1.44. The Bertz CT molecular complexity index is 334. The van der Waals surface area contributed by atoms with Gasteiger partial charge in [0.25, 0.3) is 0 Å². The number of hydrogen-bond donors (Lipinski definition) is 1. The summed E-state index contributed by atoms with van der Waals surface area (Å²) in [6.45, 7) is 6.69. The van der Waals surface area contributed by atoms with Crippen LogP contribution in [0.5, 0.6) is 5.75 Å². The monoisotopic (exact) mass is 220 g/mol. The van der Waals surface area contributed by atoms with Crippen LogP contribution in [-0.2, 0) is 0 Å². The zero-order valence-corrected chi connectivity index (χ0v) is 10.2. The number of ether oxygens (including phenoxy) is 1. The van der Waals surface area contributed by atoms with E-state index in [0.29, 0.717) is 13.0 Å². The second kappa shape index (κ2) is 6.33. The lowest BCUT2D eigenvalue weighted by atomic mass is 10.1. The first kappa shape index (κ1) is 12.8. The average molecular weight is 220 g/mol. The van der Waals surface area contributed by atoms with Crippen LogP contribution in [0.4, 0.5) is 0 Å². The van der Waals surface area contributed by atoms with Gasteiger partial charge in [0.2, 0.25) is 0 Å². The number of aliphatic hydroxyl groups is 1. The van der Waals surface area contributed by atoms with Crippen LogP contribution in [0.3, 0.4) is 0 Å². The molecule has 0 bridgehead atoms. The van der Waals surface area contributed by atoms with Gasteiger partial charge in [-0.1, -0.05) is 23.8 Å². The maximum Gasteiger partial charge on any atom is 0.119 e. The van der Waals surface area contributed by atoms with Crippen molar-refractivity contribution in [3.8, 4) is 5.75 Å². The molecule has 1 rings (SSSR count). The van der Waals surface area contributed by atoms with E-state index in [0.717, 1.165) is 11.3 Å². The highest BCUT2D eigenvalue weighted by Gasteiger charge is 2.05. The summed E-state index contributed by atoms with van der Waals surface area (Å²) in [4.78, 5) is 0. The summed E-state index contributed by atoms with van der Waals surface area (Å²) in [5.41, 5.74) is 2.16. The molecular formula is C14H20O2. The van der Waals surface area contributed by atoms with Crippen molar-refractivity contribution in [2.24, 2.45) is 0 Å². The first-order chi connectivity index (χ1) is 7.63. The smallest absolute Gasteiger partial charge is 0.119 e. The van der Waals surface area contributed by atoms with Crippen molar-refractivity contribution in [2.75, 3.05) is 6.61 Å². The summed E-state index contributed by atoms with van der Waals surface area (Å²) >= 11 is 0. The lowest BCUT2D eigenvalue weighted by Crippen LogP contribution is -1.97. The van der Waals surface area contributed by atoms with Crippen molar-refractivity contribution in [1.82, 2.24) is 0 Å². The molecule has 1 N–H and O–H groups in total. The van der Waals surface area contributed by atoms with Crippen molar-refractivity contribution in [3.63, 3.8) is 0 Å². The Kier molecular flexibility index (Phi) is 5.06. The van der Waals surface area contributed by atoms with Crippen LogP contribution in [0.25, 0.3) is 0 Å². The van der Waals surface area contributed by atoms with E-state index in [-0.39, 0.29) is 0 Å². The van der Waals surface area contributed by atoms with Gasteiger partial charge in [0.1, 0.15) is 5.75 Å². The minimum absolute atomic E-state index is 0.425. The van der Waals surface area contributed by atoms with Gasteiger partial charge in [0.15, 0.2) is 0 Å².